The van der Waals surface area contributed by atoms with E-state index in [9.17, 15) is 8.42 Å². The Kier molecular flexibility index (Phi) is 11.3. The molecular weight excluding hydrogens is 286 g/mol. The number of unbranched alkanes of at least 4 members (excludes halogenated alkanes) is 1. The average molecular weight is 322 g/mol. The van der Waals surface area contributed by atoms with Crippen molar-refractivity contribution in [1.82, 2.24) is 14.9 Å². The van der Waals surface area contributed by atoms with Crippen LogP contribution in [0.2, 0.25) is 0 Å². The zero-order valence-corrected chi connectivity index (χ0v) is 15.3. The van der Waals surface area contributed by atoms with Gasteiger partial charge in [0.2, 0.25) is 10.0 Å². The molecule has 0 bridgehead atoms. The van der Waals surface area contributed by atoms with E-state index in [1.54, 1.807) is 0 Å². The van der Waals surface area contributed by atoms with Gasteiger partial charge in [0, 0.05) is 25.2 Å². The minimum Gasteiger partial charge on any atom is -0.317 e. The second-order valence-corrected chi connectivity index (χ2v) is 8.02. The third-order valence-electron chi connectivity index (χ3n) is 3.46. The highest BCUT2D eigenvalue weighted by molar-refractivity contribution is 7.89. The summed E-state index contributed by atoms with van der Waals surface area (Å²) >= 11 is 0. The standard InChI is InChI=1S/C15H35N3O2S/c1-6-9-16-10-7-8-13-21(19,20)17-11-12-18(14(2)3)15(4)5/h14-17H,6-13H2,1-5H3. The van der Waals surface area contributed by atoms with Crippen LogP contribution < -0.4 is 10.0 Å². The van der Waals surface area contributed by atoms with Gasteiger partial charge in [0.1, 0.15) is 0 Å². The van der Waals surface area contributed by atoms with Crippen molar-refractivity contribution in [2.75, 3.05) is 31.9 Å². The Morgan fingerprint density at radius 2 is 1.57 bits per heavy atom. The van der Waals surface area contributed by atoms with Gasteiger partial charge in [0.25, 0.3) is 0 Å². The Labute approximate surface area is 131 Å². The van der Waals surface area contributed by atoms with Crippen molar-refractivity contribution < 1.29 is 8.42 Å². The molecule has 0 aliphatic heterocycles. The van der Waals surface area contributed by atoms with Gasteiger partial charge in [0.05, 0.1) is 5.75 Å². The Balaban J connectivity index is 3.87. The van der Waals surface area contributed by atoms with Gasteiger partial charge in [-0.15, -0.1) is 0 Å². The lowest BCUT2D eigenvalue weighted by atomic mass is 10.2. The van der Waals surface area contributed by atoms with E-state index < -0.39 is 10.0 Å². The number of hydrogen-bond acceptors (Lipinski definition) is 4. The van der Waals surface area contributed by atoms with Crippen LogP contribution in [0, 0.1) is 0 Å². The highest BCUT2D eigenvalue weighted by Crippen LogP contribution is 2.03. The second-order valence-electron chi connectivity index (χ2n) is 6.10. The van der Waals surface area contributed by atoms with Gasteiger partial charge in [0.15, 0.2) is 0 Å². The van der Waals surface area contributed by atoms with E-state index in [4.69, 9.17) is 0 Å². The molecule has 21 heavy (non-hydrogen) atoms. The maximum absolute atomic E-state index is 11.9. The van der Waals surface area contributed by atoms with E-state index in [1.807, 2.05) is 0 Å². The predicted molar refractivity (Wildman–Crippen MR) is 91.2 cm³/mol. The molecule has 6 heteroatoms. The first-order chi connectivity index (χ1) is 9.80. The van der Waals surface area contributed by atoms with Crippen molar-refractivity contribution in [2.24, 2.45) is 0 Å². The molecule has 0 aliphatic rings. The molecule has 0 fully saturated rings. The third kappa shape index (κ3) is 11.1. The van der Waals surface area contributed by atoms with Crippen molar-refractivity contribution in [1.29, 1.82) is 0 Å². The fourth-order valence-corrected chi connectivity index (χ4v) is 3.49. The summed E-state index contributed by atoms with van der Waals surface area (Å²) in [5.41, 5.74) is 0. The number of nitrogens with one attached hydrogen (secondary N) is 2. The van der Waals surface area contributed by atoms with Gasteiger partial charge >= 0.3 is 0 Å². The van der Waals surface area contributed by atoms with Gasteiger partial charge in [-0.1, -0.05) is 6.92 Å². The lowest BCUT2D eigenvalue weighted by Crippen LogP contribution is -2.42. The van der Waals surface area contributed by atoms with Gasteiger partial charge in [-0.25, -0.2) is 13.1 Å². The lowest BCUT2D eigenvalue weighted by molar-refractivity contribution is 0.179. The van der Waals surface area contributed by atoms with Crippen LogP contribution in [0.1, 0.15) is 53.9 Å². The van der Waals surface area contributed by atoms with E-state index >= 15 is 0 Å². The zero-order chi connectivity index (χ0) is 16.3. The molecule has 0 unspecified atom stereocenters. The summed E-state index contributed by atoms with van der Waals surface area (Å²) in [6.07, 6.45) is 2.73. The topological polar surface area (TPSA) is 61.4 Å². The maximum Gasteiger partial charge on any atom is 0.211 e. The first kappa shape index (κ1) is 20.8. The van der Waals surface area contributed by atoms with Crippen LogP contribution in [0.15, 0.2) is 0 Å². The molecule has 0 heterocycles. The molecule has 0 amide bonds. The summed E-state index contributed by atoms with van der Waals surface area (Å²) in [7, 11) is -3.13. The summed E-state index contributed by atoms with van der Waals surface area (Å²) in [6.45, 7) is 13.8. The number of hydrogen-bond donors (Lipinski definition) is 2. The molecule has 0 aromatic heterocycles. The molecule has 2 N–H and O–H groups in total. The first-order valence-electron chi connectivity index (χ1n) is 8.24. The van der Waals surface area contributed by atoms with Crippen molar-refractivity contribution in [3.63, 3.8) is 0 Å². The number of rotatable bonds is 13. The van der Waals surface area contributed by atoms with E-state index in [1.165, 1.54) is 0 Å². The molecule has 0 spiro atoms. The second kappa shape index (κ2) is 11.4. The van der Waals surface area contributed by atoms with Crippen LogP contribution in [0.5, 0.6) is 0 Å². The summed E-state index contributed by atoms with van der Waals surface area (Å²) in [6, 6.07) is 0.860. The van der Waals surface area contributed by atoms with Crippen LogP contribution >= 0.6 is 0 Å². The summed E-state index contributed by atoms with van der Waals surface area (Å²) in [4.78, 5) is 2.29. The van der Waals surface area contributed by atoms with Gasteiger partial charge < -0.3 is 5.32 Å². The predicted octanol–water partition coefficient (Wildman–Crippen LogP) is 1.80. The molecule has 0 aliphatic carbocycles. The van der Waals surface area contributed by atoms with Crippen molar-refractivity contribution in [2.45, 2.75) is 66.0 Å². The highest BCUT2D eigenvalue weighted by Gasteiger charge is 2.15. The molecule has 0 rings (SSSR count). The molecule has 0 aromatic rings. The van der Waals surface area contributed by atoms with Crippen LogP contribution in [0.3, 0.4) is 0 Å². The maximum atomic E-state index is 11.9. The average Bonchev–Trinajstić information content (AvgIpc) is 2.37. The molecule has 0 aromatic carbocycles. The molecule has 128 valence electrons. The SMILES string of the molecule is CCCNCCCCS(=O)(=O)NCCN(C(C)C)C(C)C. The summed E-state index contributed by atoms with van der Waals surface area (Å²) in [5, 5.41) is 3.28. The van der Waals surface area contributed by atoms with Crippen molar-refractivity contribution >= 4 is 10.0 Å². The molecular formula is C15H35N3O2S. The molecule has 0 saturated carbocycles. The normalized spacial score (nSPS) is 12.8. The van der Waals surface area contributed by atoms with Gasteiger partial charge in [-0.3, -0.25) is 4.90 Å². The monoisotopic (exact) mass is 321 g/mol. The molecule has 0 saturated heterocycles. The Hall–Kier alpha value is -0.170. The highest BCUT2D eigenvalue weighted by atomic mass is 32.2. The van der Waals surface area contributed by atoms with Crippen molar-refractivity contribution in [3.05, 3.63) is 0 Å². The number of nitrogens with zero attached hydrogens (tertiary/aromatic N) is 1. The zero-order valence-electron chi connectivity index (χ0n) is 14.5. The van der Waals surface area contributed by atoms with Gasteiger partial charge in [-0.2, -0.15) is 0 Å². The van der Waals surface area contributed by atoms with Gasteiger partial charge in [-0.05, 0) is 60.0 Å². The molecule has 0 radical (unpaired) electrons. The molecule has 0 atom stereocenters. The molecule has 5 nitrogen and oxygen atoms in total. The van der Waals surface area contributed by atoms with Crippen molar-refractivity contribution in [3.8, 4) is 0 Å². The minimum atomic E-state index is -3.13. The van der Waals surface area contributed by atoms with E-state index in [0.717, 1.165) is 32.5 Å². The Morgan fingerprint density at radius 3 is 2.10 bits per heavy atom. The lowest BCUT2D eigenvalue weighted by Gasteiger charge is -2.30. The number of sulfonamides is 1. The van der Waals surface area contributed by atoms with E-state index in [2.05, 4.69) is 49.6 Å². The van der Waals surface area contributed by atoms with E-state index in [-0.39, 0.29) is 5.75 Å². The third-order valence-corrected chi connectivity index (χ3v) is 4.93. The fourth-order valence-electron chi connectivity index (χ4n) is 2.36. The summed E-state index contributed by atoms with van der Waals surface area (Å²) in [5.74, 6) is 0.226. The van der Waals surface area contributed by atoms with E-state index in [0.29, 0.717) is 25.0 Å². The van der Waals surface area contributed by atoms with Crippen LogP contribution in [-0.4, -0.2) is 57.3 Å². The minimum absolute atomic E-state index is 0.226. The largest absolute Gasteiger partial charge is 0.317 e. The van der Waals surface area contributed by atoms with Crippen LogP contribution in [-0.2, 0) is 10.0 Å². The first-order valence-corrected chi connectivity index (χ1v) is 9.89. The quantitative estimate of drug-likeness (QED) is 0.508. The van der Waals surface area contributed by atoms with Crippen LogP contribution in [0.4, 0.5) is 0 Å². The fraction of sp³-hybridized carbons (Fsp3) is 1.00. The Morgan fingerprint density at radius 1 is 0.952 bits per heavy atom. The Bertz CT molecular complexity index is 335. The smallest absolute Gasteiger partial charge is 0.211 e. The van der Waals surface area contributed by atoms with Crippen LogP contribution in [0.25, 0.3) is 0 Å². The summed E-state index contributed by atoms with van der Waals surface area (Å²) < 4.78 is 26.5.